The zero-order chi connectivity index (χ0) is 17.6. The predicted molar refractivity (Wildman–Crippen MR) is 101 cm³/mol. The lowest BCUT2D eigenvalue weighted by Crippen LogP contribution is -2.23. The number of rotatable bonds is 6. The van der Waals surface area contributed by atoms with Gasteiger partial charge in [-0.2, -0.15) is 0 Å². The van der Waals surface area contributed by atoms with Gasteiger partial charge in [-0.15, -0.1) is 11.3 Å². The van der Waals surface area contributed by atoms with Crippen molar-refractivity contribution in [2.75, 3.05) is 17.6 Å². The van der Waals surface area contributed by atoms with Gasteiger partial charge in [-0.1, -0.05) is 17.8 Å². The summed E-state index contributed by atoms with van der Waals surface area (Å²) in [7, 11) is 0. The van der Waals surface area contributed by atoms with Gasteiger partial charge in [-0.3, -0.25) is 9.59 Å². The van der Waals surface area contributed by atoms with Crippen molar-refractivity contribution < 1.29 is 9.59 Å². The molecule has 0 bridgehead atoms. The summed E-state index contributed by atoms with van der Waals surface area (Å²) in [6, 6.07) is 8.80. The lowest BCUT2D eigenvalue weighted by molar-refractivity contribution is -0.113. The number of benzene rings is 1. The van der Waals surface area contributed by atoms with E-state index in [4.69, 9.17) is 0 Å². The van der Waals surface area contributed by atoms with Gasteiger partial charge in [0, 0.05) is 17.8 Å². The molecule has 0 unspecified atom stereocenters. The maximum Gasteiger partial charge on any atom is 0.251 e. The number of aromatic nitrogens is 2. The first-order chi connectivity index (χ1) is 12.2. The van der Waals surface area contributed by atoms with Crippen molar-refractivity contribution in [3.05, 3.63) is 47.6 Å². The molecule has 25 heavy (non-hydrogen) atoms. The Morgan fingerprint density at radius 3 is 2.96 bits per heavy atom. The van der Waals surface area contributed by atoms with Gasteiger partial charge in [0.1, 0.15) is 11.4 Å². The van der Waals surface area contributed by atoms with Gasteiger partial charge in [0.2, 0.25) is 5.91 Å². The molecule has 8 heteroatoms. The van der Waals surface area contributed by atoms with Crippen LogP contribution < -0.4 is 10.6 Å². The minimum atomic E-state index is -0.158. The normalized spacial score (nSPS) is 10.6. The van der Waals surface area contributed by atoms with Crippen LogP contribution in [0.3, 0.4) is 0 Å². The molecule has 3 rings (SSSR count). The van der Waals surface area contributed by atoms with Crippen LogP contribution >= 0.6 is 23.1 Å². The van der Waals surface area contributed by atoms with Gasteiger partial charge in [-0.25, -0.2) is 9.97 Å². The quantitative estimate of drug-likeness (QED) is 0.513. The standard InChI is InChI=1S/C17H16N4O2S2/c1-2-18-16(23)11-4-3-5-12(8-11)21-14(22)9-25-17-15-13(6-7-24-15)19-10-20-17/h3-8,10H,2,9H2,1H3,(H,18,23)(H,21,22). The summed E-state index contributed by atoms with van der Waals surface area (Å²) in [5, 5.41) is 8.30. The van der Waals surface area contributed by atoms with Crippen LogP contribution in [-0.2, 0) is 4.79 Å². The number of hydrogen-bond donors (Lipinski definition) is 2. The van der Waals surface area contributed by atoms with E-state index in [1.165, 1.54) is 18.1 Å². The highest BCUT2D eigenvalue weighted by molar-refractivity contribution is 8.00. The molecule has 6 nitrogen and oxygen atoms in total. The molecule has 2 N–H and O–H groups in total. The number of thioether (sulfide) groups is 1. The van der Waals surface area contributed by atoms with Crippen LogP contribution in [-0.4, -0.2) is 34.1 Å². The highest BCUT2D eigenvalue weighted by atomic mass is 32.2. The van der Waals surface area contributed by atoms with Crippen LogP contribution in [0.1, 0.15) is 17.3 Å². The fourth-order valence-electron chi connectivity index (χ4n) is 2.20. The average Bonchev–Trinajstić information content (AvgIpc) is 3.09. The number of carbonyl (C=O) groups is 2. The summed E-state index contributed by atoms with van der Waals surface area (Å²) in [5.74, 6) is -0.0783. The molecule has 0 aliphatic heterocycles. The monoisotopic (exact) mass is 372 g/mol. The zero-order valence-electron chi connectivity index (χ0n) is 13.5. The number of amides is 2. The van der Waals surface area contributed by atoms with Gasteiger partial charge in [-0.05, 0) is 36.6 Å². The van der Waals surface area contributed by atoms with Gasteiger partial charge in [0.25, 0.3) is 5.91 Å². The molecule has 1 aromatic carbocycles. The van der Waals surface area contributed by atoms with Crippen LogP contribution in [0.4, 0.5) is 5.69 Å². The van der Waals surface area contributed by atoms with E-state index in [0.717, 1.165) is 15.2 Å². The lowest BCUT2D eigenvalue weighted by Gasteiger charge is -2.07. The number of hydrogen-bond acceptors (Lipinski definition) is 6. The molecule has 2 amide bonds. The Morgan fingerprint density at radius 1 is 1.24 bits per heavy atom. The van der Waals surface area contributed by atoms with E-state index in [1.807, 2.05) is 18.4 Å². The van der Waals surface area contributed by atoms with Crippen molar-refractivity contribution in [1.82, 2.24) is 15.3 Å². The van der Waals surface area contributed by atoms with E-state index in [0.29, 0.717) is 17.8 Å². The molecule has 3 aromatic rings. The minimum absolute atomic E-state index is 0.152. The van der Waals surface area contributed by atoms with Crippen molar-refractivity contribution >= 4 is 50.8 Å². The summed E-state index contributed by atoms with van der Waals surface area (Å²) in [6.45, 7) is 2.42. The van der Waals surface area contributed by atoms with E-state index in [2.05, 4.69) is 20.6 Å². The second-order valence-electron chi connectivity index (χ2n) is 5.09. The molecule has 0 saturated carbocycles. The maximum absolute atomic E-state index is 12.2. The molecule has 2 aromatic heterocycles. The highest BCUT2D eigenvalue weighted by Gasteiger charge is 2.10. The molecular weight excluding hydrogens is 356 g/mol. The molecule has 2 heterocycles. The van der Waals surface area contributed by atoms with Crippen LogP contribution in [0.5, 0.6) is 0 Å². The van der Waals surface area contributed by atoms with Crippen LogP contribution in [0.25, 0.3) is 10.2 Å². The summed E-state index contributed by atoms with van der Waals surface area (Å²) in [5.41, 5.74) is 2.00. The summed E-state index contributed by atoms with van der Waals surface area (Å²) >= 11 is 2.93. The topological polar surface area (TPSA) is 84.0 Å². The van der Waals surface area contributed by atoms with E-state index in [-0.39, 0.29) is 17.6 Å². The van der Waals surface area contributed by atoms with Crippen molar-refractivity contribution in [1.29, 1.82) is 0 Å². The first-order valence-electron chi connectivity index (χ1n) is 7.66. The maximum atomic E-state index is 12.2. The molecule has 0 atom stereocenters. The van der Waals surface area contributed by atoms with Gasteiger partial charge >= 0.3 is 0 Å². The Labute approximate surface area is 153 Å². The molecule has 0 saturated heterocycles. The molecule has 0 aliphatic rings. The number of nitrogens with one attached hydrogen (secondary N) is 2. The van der Waals surface area contributed by atoms with Crippen molar-refractivity contribution in [2.45, 2.75) is 11.9 Å². The predicted octanol–water partition coefficient (Wildman–Crippen LogP) is 3.17. The van der Waals surface area contributed by atoms with Crippen LogP contribution in [0.2, 0.25) is 0 Å². The first kappa shape index (κ1) is 17.4. The number of fused-ring (bicyclic) bond motifs is 1. The Bertz CT molecular complexity index is 910. The Balaban J connectivity index is 1.62. The first-order valence-corrected chi connectivity index (χ1v) is 9.53. The molecule has 0 aliphatic carbocycles. The number of carbonyl (C=O) groups excluding carboxylic acids is 2. The fraction of sp³-hybridized carbons (Fsp3) is 0.176. The molecular formula is C17H16N4O2S2. The second-order valence-corrected chi connectivity index (χ2v) is 6.97. The summed E-state index contributed by atoms with van der Waals surface area (Å²) in [4.78, 5) is 32.5. The fourth-order valence-corrected chi connectivity index (χ4v) is 3.95. The third kappa shape index (κ3) is 4.34. The van der Waals surface area contributed by atoms with Gasteiger partial charge < -0.3 is 10.6 Å². The largest absolute Gasteiger partial charge is 0.352 e. The van der Waals surface area contributed by atoms with Crippen molar-refractivity contribution in [3.63, 3.8) is 0 Å². The molecule has 0 fully saturated rings. The average molecular weight is 372 g/mol. The molecule has 128 valence electrons. The Hall–Kier alpha value is -2.45. The third-order valence-electron chi connectivity index (χ3n) is 3.30. The number of thiophene rings is 1. The van der Waals surface area contributed by atoms with Crippen molar-refractivity contribution in [3.8, 4) is 0 Å². The van der Waals surface area contributed by atoms with Crippen molar-refractivity contribution in [2.24, 2.45) is 0 Å². The smallest absolute Gasteiger partial charge is 0.251 e. The Morgan fingerprint density at radius 2 is 2.12 bits per heavy atom. The lowest BCUT2D eigenvalue weighted by atomic mass is 10.2. The van der Waals surface area contributed by atoms with E-state index >= 15 is 0 Å². The summed E-state index contributed by atoms with van der Waals surface area (Å²) < 4.78 is 0.985. The minimum Gasteiger partial charge on any atom is -0.352 e. The van der Waals surface area contributed by atoms with Gasteiger partial charge in [0.15, 0.2) is 0 Å². The SMILES string of the molecule is CCNC(=O)c1cccc(NC(=O)CSc2ncnc3ccsc23)c1. The number of anilines is 1. The van der Waals surface area contributed by atoms with Gasteiger partial charge in [0.05, 0.1) is 16.0 Å². The van der Waals surface area contributed by atoms with E-state index in [1.54, 1.807) is 35.6 Å². The Kier molecular flexibility index (Phi) is 5.62. The van der Waals surface area contributed by atoms with Crippen LogP contribution in [0.15, 0.2) is 47.1 Å². The third-order valence-corrected chi connectivity index (χ3v) is 5.33. The second kappa shape index (κ2) is 8.09. The molecule has 0 radical (unpaired) electrons. The van der Waals surface area contributed by atoms with E-state index in [9.17, 15) is 9.59 Å². The summed E-state index contributed by atoms with van der Waals surface area (Å²) in [6.07, 6.45) is 1.51. The highest BCUT2D eigenvalue weighted by Crippen LogP contribution is 2.28. The number of nitrogens with zero attached hydrogens (tertiary/aromatic N) is 2. The molecule has 0 spiro atoms. The van der Waals surface area contributed by atoms with E-state index < -0.39 is 0 Å². The zero-order valence-corrected chi connectivity index (χ0v) is 15.1. The van der Waals surface area contributed by atoms with Crippen LogP contribution in [0, 0.1) is 0 Å².